The van der Waals surface area contributed by atoms with Gasteiger partial charge in [-0.25, -0.2) is 13.1 Å². The molecule has 0 bridgehead atoms. The second-order valence-electron chi connectivity index (χ2n) is 12.0. The molecule has 1 heterocycles. The lowest BCUT2D eigenvalue weighted by Gasteiger charge is -2.52. The van der Waals surface area contributed by atoms with Gasteiger partial charge >= 0.3 is 0 Å². The number of benzene rings is 2. The molecule has 4 atom stereocenters. The van der Waals surface area contributed by atoms with Crippen LogP contribution in [0, 0.1) is 11.3 Å². The molecule has 0 spiro atoms. The summed E-state index contributed by atoms with van der Waals surface area (Å²) in [7, 11) is -3.59. The Morgan fingerprint density at radius 2 is 1.76 bits per heavy atom. The molecule has 1 saturated carbocycles. The van der Waals surface area contributed by atoms with E-state index in [0.717, 1.165) is 24.0 Å². The highest BCUT2D eigenvalue weighted by molar-refractivity contribution is 7.90. The van der Waals surface area contributed by atoms with Crippen molar-refractivity contribution in [3.05, 3.63) is 82.4 Å². The Labute approximate surface area is 237 Å². The maximum Gasteiger partial charge on any atom is 0.229 e. The Bertz CT molecular complexity index is 1290. The highest BCUT2D eigenvalue weighted by atomic mass is 35.5. The Kier molecular flexibility index (Phi) is 8.40. The highest BCUT2D eigenvalue weighted by Gasteiger charge is 2.53. The van der Waals surface area contributed by atoms with Crippen LogP contribution in [0.1, 0.15) is 76.5 Å². The lowest BCUT2D eigenvalue weighted by atomic mass is 9.67. The Morgan fingerprint density at radius 1 is 1.11 bits per heavy atom. The van der Waals surface area contributed by atoms with E-state index in [1.165, 1.54) is 0 Å². The third-order valence-electron chi connectivity index (χ3n) is 8.00. The molecule has 1 aliphatic heterocycles. The van der Waals surface area contributed by atoms with Gasteiger partial charge in [-0.05, 0) is 87.8 Å². The lowest BCUT2D eigenvalue weighted by Crippen LogP contribution is -2.59. The second-order valence-corrected chi connectivity index (χ2v) is 15.4. The van der Waals surface area contributed by atoms with E-state index in [4.69, 9.17) is 23.2 Å². The Balaban J connectivity index is 1.86. The number of allylic oxidation sites excluding steroid dienone is 1. The van der Waals surface area contributed by atoms with Crippen molar-refractivity contribution in [2.45, 2.75) is 76.1 Å². The van der Waals surface area contributed by atoms with Crippen LogP contribution in [0.2, 0.25) is 10.0 Å². The molecule has 1 aliphatic carbocycles. The minimum atomic E-state index is -3.59. The van der Waals surface area contributed by atoms with Gasteiger partial charge in [0.05, 0.1) is 16.2 Å². The van der Waals surface area contributed by atoms with Crippen LogP contribution in [0.3, 0.4) is 0 Å². The van der Waals surface area contributed by atoms with Gasteiger partial charge in [0.2, 0.25) is 15.9 Å². The van der Waals surface area contributed by atoms with E-state index in [-0.39, 0.29) is 36.4 Å². The van der Waals surface area contributed by atoms with Crippen molar-refractivity contribution in [2.24, 2.45) is 11.3 Å². The predicted molar refractivity (Wildman–Crippen MR) is 156 cm³/mol. The molecular weight excluding hydrogens is 539 g/mol. The molecule has 2 aromatic carbocycles. The maximum absolute atomic E-state index is 14.5. The van der Waals surface area contributed by atoms with Crippen molar-refractivity contribution in [1.29, 1.82) is 0 Å². The van der Waals surface area contributed by atoms with Crippen LogP contribution in [0.5, 0.6) is 0 Å². The zero-order chi connectivity index (χ0) is 27.9. The number of nitrogens with one attached hydrogen (secondary N) is 1. The fraction of sp³-hybridized carbons (Fsp3) is 0.500. The van der Waals surface area contributed by atoms with E-state index in [0.29, 0.717) is 22.9 Å². The van der Waals surface area contributed by atoms with E-state index < -0.39 is 20.2 Å². The highest BCUT2D eigenvalue weighted by Crippen LogP contribution is 2.54. The zero-order valence-electron chi connectivity index (χ0n) is 22.6. The van der Waals surface area contributed by atoms with Crippen LogP contribution in [0.15, 0.2) is 61.2 Å². The minimum absolute atomic E-state index is 0.0301. The van der Waals surface area contributed by atoms with Gasteiger partial charge in [0.25, 0.3) is 0 Å². The van der Waals surface area contributed by atoms with Gasteiger partial charge in [-0.1, -0.05) is 60.5 Å². The van der Waals surface area contributed by atoms with Crippen LogP contribution in [-0.4, -0.2) is 36.6 Å². The first-order valence-corrected chi connectivity index (χ1v) is 15.4. The molecule has 2 aliphatic rings. The first kappa shape index (κ1) is 29.1. The number of hydrogen-bond acceptors (Lipinski definition) is 3. The molecule has 0 unspecified atom stereocenters. The number of piperidine rings is 1. The molecular formula is C30H38Cl2N2O3S. The van der Waals surface area contributed by atoms with Crippen molar-refractivity contribution in [3.63, 3.8) is 0 Å². The van der Waals surface area contributed by atoms with E-state index >= 15 is 0 Å². The van der Waals surface area contributed by atoms with Crippen LogP contribution >= 0.6 is 23.2 Å². The van der Waals surface area contributed by atoms with E-state index in [9.17, 15) is 13.2 Å². The van der Waals surface area contributed by atoms with Crippen LogP contribution < -0.4 is 4.72 Å². The Hall–Kier alpha value is -1.86. The molecule has 1 N–H and O–H groups in total. The average Bonchev–Trinajstić information content (AvgIpc) is 3.67. The number of nitrogens with zero attached hydrogens (tertiary/aromatic N) is 1. The predicted octanol–water partition coefficient (Wildman–Crippen LogP) is 7.13. The standard InChI is InChI=1S/C30H38Cl2N2O3S/c1-6-16-30(5)18-25(22-8-7-9-24(32)17-22)27(21-12-14-23(31)15-13-21)34(28(30)35)26(20-10-11-20)19-33-38(36,37)29(2,3)4/h6-9,12-15,17,20,25-27,33H,1,10-11,16,18-19H2,2-5H3/t25-,26-,27-,30+/m1/s1. The monoisotopic (exact) mass is 576 g/mol. The van der Waals surface area contributed by atoms with Crippen molar-refractivity contribution >= 4 is 39.1 Å². The quantitative estimate of drug-likeness (QED) is 0.323. The molecule has 2 fully saturated rings. The summed E-state index contributed by atoms with van der Waals surface area (Å²) in [6.07, 6.45) is 4.87. The molecule has 1 amide bonds. The largest absolute Gasteiger partial charge is 0.330 e. The first-order valence-electron chi connectivity index (χ1n) is 13.2. The third-order valence-corrected chi connectivity index (χ3v) is 10.6. The molecule has 1 saturated heterocycles. The minimum Gasteiger partial charge on any atom is -0.330 e. The number of carbonyl (C=O) groups is 1. The normalized spacial score (nSPS) is 25.3. The fourth-order valence-corrected chi connectivity index (χ4v) is 6.79. The van der Waals surface area contributed by atoms with Crippen LogP contribution in [-0.2, 0) is 14.8 Å². The SMILES string of the molecule is C=CC[C@@]1(C)C[C@H](c2cccc(Cl)c2)[C@@H](c2ccc(Cl)cc2)N([C@H](CNS(=O)(=O)C(C)(C)C)C2CC2)C1=O. The lowest BCUT2D eigenvalue weighted by molar-refractivity contribution is -0.155. The number of rotatable bonds is 9. The average molecular weight is 578 g/mol. The molecule has 2 aromatic rings. The fourth-order valence-electron chi connectivity index (χ4n) is 5.64. The van der Waals surface area contributed by atoms with Gasteiger partial charge in [-0.15, -0.1) is 6.58 Å². The number of sulfonamides is 1. The number of carbonyl (C=O) groups excluding carboxylic acids is 1. The summed E-state index contributed by atoms with van der Waals surface area (Å²) >= 11 is 12.7. The summed E-state index contributed by atoms with van der Waals surface area (Å²) in [6.45, 7) is 11.2. The Morgan fingerprint density at radius 3 is 2.32 bits per heavy atom. The summed E-state index contributed by atoms with van der Waals surface area (Å²) in [5.74, 6) is 0.197. The maximum atomic E-state index is 14.5. The van der Waals surface area contributed by atoms with Crippen LogP contribution in [0.25, 0.3) is 0 Å². The van der Waals surface area contributed by atoms with Crippen molar-refractivity contribution < 1.29 is 13.2 Å². The van der Waals surface area contributed by atoms with Crippen molar-refractivity contribution in [1.82, 2.24) is 9.62 Å². The summed E-state index contributed by atoms with van der Waals surface area (Å²) in [5.41, 5.74) is 1.33. The molecule has 5 nitrogen and oxygen atoms in total. The van der Waals surface area contributed by atoms with Gasteiger partial charge in [0.1, 0.15) is 0 Å². The molecule has 206 valence electrons. The van der Waals surface area contributed by atoms with Crippen LogP contribution in [0.4, 0.5) is 0 Å². The summed E-state index contributed by atoms with van der Waals surface area (Å²) in [4.78, 5) is 16.5. The second kappa shape index (κ2) is 11.0. The summed E-state index contributed by atoms with van der Waals surface area (Å²) in [5, 5.41) is 1.26. The zero-order valence-corrected chi connectivity index (χ0v) is 24.9. The summed E-state index contributed by atoms with van der Waals surface area (Å²) < 4.78 is 28.0. The molecule has 0 aromatic heterocycles. The first-order chi connectivity index (χ1) is 17.8. The smallest absolute Gasteiger partial charge is 0.229 e. The van der Waals surface area contributed by atoms with E-state index in [2.05, 4.69) is 17.4 Å². The van der Waals surface area contributed by atoms with Gasteiger partial charge in [0, 0.05) is 28.5 Å². The van der Waals surface area contributed by atoms with E-state index in [1.807, 2.05) is 60.4 Å². The summed E-state index contributed by atoms with van der Waals surface area (Å²) in [6, 6.07) is 14.9. The number of amides is 1. The molecule has 4 rings (SSSR count). The number of halogens is 2. The van der Waals surface area contributed by atoms with Crippen molar-refractivity contribution in [2.75, 3.05) is 6.54 Å². The van der Waals surface area contributed by atoms with Crippen molar-refractivity contribution in [3.8, 4) is 0 Å². The van der Waals surface area contributed by atoms with Gasteiger partial charge in [0.15, 0.2) is 0 Å². The topological polar surface area (TPSA) is 66.5 Å². The number of likely N-dealkylation sites (tertiary alicyclic amines) is 1. The van der Waals surface area contributed by atoms with Gasteiger partial charge in [-0.3, -0.25) is 4.79 Å². The van der Waals surface area contributed by atoms with E-state index in [1.54, 1.807) is 20.8 Å². The third kappa shape index (κ3) is 5.99. The molecule has 38 heavy (non-hydrogen) atoms. The molecule has 8 heteroatoms. The van der Waals surface area contributed by atoms with Gasteiger partial charge in [-0.2, -0.15) is 0 Å². The number of hydrogen-bond donors (Lipinski definition) is 1. The van der Waals surface area contributed by atoms with Gasteiger partial charge < -0.3 is 4.90 Å². The molecule has 0 radical (unpaired) electrons.